The third-order valence-electron chi connectivity index (χ3n) is 5.16. The minimum absolute atomic E-state index is 0.0572. The summed E-state index contributed by atoms with van der Waals surface area (Å²) in [6.45, 7) is 0.180. The van der Waals surface area contributed by atoms with Crippen molar-refractivity contribution in [3.05, 3.63) is 72.9 Å². The van der Waals surface area contributed by atoms with Gasteiger partial charge in [-0.1, -0.05) is 30.3 Å². The summed E-state index contributed by atoms with van der Waals surface area (Å²) in [6, 6.07) is 15.6. The number of aromatic amines is 1. The van der Waals surface area contributed by atoms with E-state index in [2.05, 4.69) is 25.0 Å². The van der Waals surface area contributed by atoms with Crippen molar-refractivity contribution < 1.29 is 12.8 Å². The number of rotatable bonds is 6. The van der Waals surface area contributed by atoms with E-state index in [9.17, 15) is 12.8 Å². The molecule has 2 aromatic carbocycles. The van der Waals surface area contributed by atoms with Crippen molar-refractivity contribution in [3.8, 4) is 33.9 Å². The number of hydrogen-bond acceptors (Lipinski definition) is 6. The first-order chi connectivity index (χ1) is 15.9. The molecule has 0 atom stereocenters. The van der Waals surface area contributed by atoms with Gasteiger partial charge in [-0.25, -0.2) is 27.8 Å². The van der Waals surface area contributed by atoms with E-state index >= 15 is 0 Å². The molecule has 0 radical (unpaired) electrons. The van der Waals surface area contributed by atoms with Crippen LogP contribution in [0.2, 0.25) is 0 Å². The smallest absolute Gasteiger partial charge is 0.181 e. The molecule has 0 aliphatic carbocycles. The van der Waals surface area contributed by atoms with Crippen LogP contribution in [0, 0.1) is 5.82 Å². The Balaban J connectivity index is 1.66. The molecule has 0 fully saturated rings. The zero-order chi connectivity index (χ0) is 23.0. The molecule has 0 amide bonds. The Kier molecular flexibility index (Phi) is 5.21. The largest absolute Gasteiger partial charge is 0.335 e. The van der Waals surface area contributed by atoms with E-state index in [0.717, 1.165) is 5.56 Å². The van der Waals surface area contributed by atoms with Crippen molar-refractivity contribution in [2.45, 2.75) is 6.54 Å². The first-order valence-corrected chi connectivity index (χ1v) is 12.2. The monoisotopic (exact) mass is 462 g/mol. The molecule has 8 nitrogen and oxygen atoms in total. The number of hydrogen-bond donors (Lipinski definition) is 1. The minimum Gasteiger partial charge on any atom is -0.335 e. The van der Waals surface area contributed by atoms with E-state index in [4.69, 9.17) is 0 Å². The van der Waals surface area contributed by atoms with E-state index in [-0.39, 0.29) is 18.1 Å². The number of halogens is 1. The van der Waals surface area contributed by atoms with Gasteiger partial charge in [-0.3, -0.25) is 4.68 Å². The molecule has 0 saturated heterocycles. The van der Waals surface area contributed by atoms with Crippen LogP contribution in [0.4, 0.5) is 4.39 Å². The third kappa shape index (κ3) is 4.37. The van der Waals surface area contributed by atoms with Gasteiger partial charge in [0.1, 0.15) is 44.7 Å². The van der Waals surface area contributed by atoms with Crippen LogP contribution in [0.15, 0.2) is 67.1 Å². The summed E-state index contributed by atoms with van der Waals surface area (Å²) in [4.78, 5) is 16.7. The maximum absolute atomic E-state index is 13.5. The number of benzene rings is 2. The number of fused-ring (bicyclic) bond motifs is 1. The van der Waals surface area contributed by atoms with Gasteiger partial charge in [0, 0.05) is 29.1 Å². The van der Waals surface area contributed by atoms with Crippen molar-refractivity contribution >= 4 is 21.0 Å². The van der Waals surface area contributed by atoms with Gasteiger partial charge in [0.25, 0.3) is 0 Å². The average Bonchev–Trinajstić information content (AvgIpc) is 3.43. The molecule has 0 spiro atoms. The Labute approximate surface area is 189 Å². The first kappa shape index (κ1) is 21.0. The fraction of sp³-hybridized carbons (Fsp3) is 0.130. The van der Waals surface area contributed by atoms with Crippen LogP contribution in [0.1, 0.15) is 0 Å². The Morgan fingerprint density at radius 3 is 2.45 bits per heavy atom. The molecule has 3 heterocycles. The summed E-state index contributed by atoms with van der Waals surface area (Å²) in [7, 11) is -3.17. The van der Waals surface area contributed by atoms with Crippen LogP contribution in [0.25, 0.3) is 45.1 Å². The third-order valence-corrected chi connectivity index (χ3v) is 6.09. The van der Waals surface area contributed by atoms with Crippen molar-refractivity contribution in [1.29, 1.82) is 0 Å². The second-order valence-corrected chi connectivity index (χ2v) is 9.92. The van der Waals surface area contributed by atoms with Crippen molar-refractivity contribution in [2.24, 2.45) is 0 Å². The molecule has 5 rings (SSSR count). The van der Waals surface area contributed by atoms with Crippen LogP contribution in [-0.4, -0.2) is 50.1 Å². The Bertz CT molecular complexity index is 1540. The summed E-state index contributed by atoms with van der Waals surface area (Å²) in [5, 5.41) is 4.60. The van der Waals surface area contributed by atoms with Crippen LogP contribution in [-0.2, 0) is 16.4 Å². The summed E-state index contributed by atoms with van der Waals surface area (Å²) in [5.41, 5.74) is 4.49. The highest BCUT2D eigenvalue weighted by atomic mass is 32.2. The van der Waals surface area contributed by atoms with Gasteiger partial charge in [0.15, 0.2) is 5.65 Å². The lowest BCUT2D eigenvalue weighted by Crippen LogP contribution is -2.11. The second-order valence-electron chi connectivity index (χ2n) is 7.66. The number of nitrogens with zero attached hydrogens (tertiary/aromatic N) is 5. The second kappa shape index (κ2) is 8.21. The number of sulfone groups is 1. The lowest BCUT2D eigenvalue weighted by molar-refractivity contribution is 0.586. The van der Waals surface area contributed by atoms with E-state index in [1.54, 1.807) is 23.0 Å². The molecular formula is C23H19FN6O2S. The molecule has 0 unspecified atom stereocenters. The SMILES string of the molecule is CS(=O)(=O)CCn1cc(-c2ncnc3nc(-c4ccccc4)[nH]c23)c(-c2ccc(F)cc2)n1. The molecule has 0 aliphatic heterocycles. The average molecular weight is 463 g/mol. The van der Waals surface area contributed by atoms with Crippen LogP contribution in [0.5, 0.6) is 0 Å². The molecule has 0 bridgehead atoms. The molecule has 3 aromatic heterocycles. The molecule has 166 valence electrons. The Morgan fingerprint density at radius 2 is 1.73 bits per heavy atom. The van der Waals surface area contributed by atoms with Gasteiger partial charge in [-0.15, -0.1) is 0 Å². The van der Waals surface area contributed by atoms with E-state index in [1.165, 1.54) is 24.7 Å². The van der Waals surface area contributed by atoms with Crippen LogP contribution in [0.3, 0.4) is 0 Å². The highest BCUT2D eigenvalue weighted by Crippen LogP contribution is 2.34. The predicted molar refractivity (Wildman–Crippen MR) is 123 cm³/mol. The molecule has 0 aliphatic rings. The Morgan fingerprint density at radius 1 is 0.970 bits per heavy atom. The number of aromatic nitrogens is 6. The lowest BCUT2D eigenvalue weighted by atomic mass is 10.1. The molecular weight excluding hydrogens is 443 g/mol. The summed E-state index contributed by atoms with van der Waals surface area (Å²) in [5.74, 6) is 0.237. The maximum Gasteiger partial charge on any atom is 0.181 e. The quantitative estimate of drug-likeness (QED) is 0.412. The standard InChI is InChI=1S/C23H19FN6O2S/c1-33(31,32)12-11-30-13-18(19(29-30)15-7-9-17(24)10-8-15)20-21-23(26-14-25-20)28-22(27-21)16-5-3-2-4-6-16/h2-10,13-14H,11-12H2,1H3,(H,25,26,27,28). The van der Waals surface area contributed by atoms with Crippen molar-refractivity contribution in [3.63, 3.8) is 0 Å². The number of imidazole rings is 1. The first-order valence-electron chi connectivity index (χ1n) is 10.1. The van der Waals surface area contributed by atoms with Crippen molar-refractivity contribution in [2.75, 3.05) is 12.0 Å². The minimum atomic E-state index is -3.17. The highest BCUT2D eigenvalue weighted by Gasteiger charge is 2.20. The zero-order valence-electron chi connectivity index (χ0n) is 17.6. The fourth-order valence-corrected chi connectivity index (χ4v) is 4.07. The number of nitrogens with one attached hydrogen (secondary N) is 1. The predicted octanol–water partition coefficient (Wildman–Crippen LogP) is 3.73. The molecule has 10 heteroatoms. The molecule has 0 saturated carbocycles. The lowest BCUT2D eigenvalue weighted by Gasteiger charge is -2.03. The van der Waals surface area contributed by atoms with Gasteiger partial charge in [0.2, 0.25) is 0 Å². The van der Waals surface area contributed by atoms with Gasteiger partial charge in [-0.2, -0.15) is 5.10 Å². The molecule has 33 heavy (non-hydrogen) atoms. The highest BCUT2D eigenvalue weighted by molar-refractivity contribution is 7.90. The summed E-state index contributed by atoms with van der Waals surface area (Å²) < 4.78 is 38.4. The van der Waals surface area contributed by atoms with Gasteiger partial charge >= 0.3 is 0 Å². The zero-order valence-corrected chi connectivity index (χ0v) is 18.4. The summed E-state index contributed by atoms with van der Waals surface area (Å²) in [6.07, 6.45) is 4.35. The van der Waals surface area contributed by atoms with Crippen molar-refractivity contribution in [1.82, 2.24) is 29.7 Å². The fourth-order valence-electron chi connectivity index (χ4n) is 3.55. The normalized spacial score (nSPS) is 11.8. The van der Waals surface area contributed by atoms with E-state index < -0.39 is 9.84 Å². The summed E-state index contributed by atoms with van der Waals surface area (Å²) >= 11 is 0. The van der Waals surface area contributed by atoms with E-state index in [0.29, 0.717) is 39.5 Å². The topological polar surface area (TPSA) is 106 Å². The van der Waals surface area contributed by atoms with E-state index in [1.807, 2.05) is 30.3 Å². The number of H-pyrrole nitrogens is 1. The van der Waals surface area contributed by atoms with Gasteiger partial charge < -0.3 is 4.98 Å². The van der Waals surface area contributed by atoms with Gasteiger partial charge in [-0.05, 0) is 24.3 Å². The van der Waals surface area contributed by atoms with Crippen LogP contribution < -0.4 is 0 Å². The number of aryl methyl sites for hydroxylation is 1. The maximum atomic E-state index is 13.5. The molecule has 1 N–H and O–H groups in total. The van der Waals surface area contributed by atoms with Crippen LogP contribution >= 0.6 is 0 Å². The molecule has 5 aromatic rings. The van der Waals surface area contributed by atoms with Gasteiger partial charge in [0.05, 0.1) is 12.3 Å². The Hall–Kier alpha value is -3.92.